The topological polar surface area (TPSA) is 112 Å². The smallest absolute Gasteiger partial charge is 0.181 e. The second-order valence-corrected chi connectivity index (χ2v) is 6.83. The van der Waals surface area contributed by atoms with Crippen molar-refractivity contribution in [2.75, 3.05) is 0 Å². The van der Waals surface area contributed by atoms with Gasteiger partial charge in [-0.05, 0) is 24.3 Å². The van der Waals surface area contributed by atoms with Gasteiger partial charge in [-0.3, -0.25) is 15.2 Å². The van der Waals surface area contributed by atoms with Crippen molar-refractivity contribution in [1.82, 2.24) is 40.3 Å². The number of aromatic amines is 3. The minimum atomic E-state index is -0.320. The Morgan fingerprint density at radius 2 is 1.90 bits per heavy atom. The quantitative estimate of drug-likeness (QED) is 0.417. The number of hydrogen-bond acceptors (Lipinski definition) is 5. The zero-order valence-electron chi connectivity index (χ0n) is 15.4. The van der Waals surface area contributed by atoms with Crippen LogP contribution in [0.15, 0.2) is 61.2 Å². The first kappa shape index (κ1) is 16.5. The highest BCUT2D eigenvalue weighted by Gasteiger charge is 2.16. The van der Waals surface area contributed by atoms with Gasteiger partial charge >= 0.3 is 0 Å². The van der Waals surface area contributed by atoms with E-state index in [1.54, 1.807) is 30.9 Å². The van der Waals surface area contributed by atoms with Gasteiger partial charge in [0.15, 0.2) is 11.5 Å². The lowest BCUT2D eigenvalue weighted by molar-refractivity contribution is 0.628. The molecular weight excluding hydrogens is 383 g/mol. The average molecular weight is 396 g/mol. The molecule has 0 spiro atoms. The van der Waals surface area contributed by atoms with E-state index in [1.165, 1.54) is 12.1 Å². The minimum absolute atomic E-state index is 0.320. The molecule has 8 nitrogen and oxygen atoms in total. The molecule has 6 aromatic rings. The van der Waals surface area contributed by atoms with Gasteiger partial charge in [-0.15, -0.1) is 0 Å². The highest BCUT2D eigenvalue weighted by Crippen LogP contribution is 2.31. The number of hydrogen-bond donors (Lipinski definition) is 3. The lowest BCUT2D eigenvalue weighted by atomic mass is 10.1. The fourth-order valence-corrected chi connectivity index (χ4v) is 3.55. The Balaban J connectivity index is 1.53. The third-order valence-corrected chi connectivity index (χ3v) is 4.98. The van der Waals surface area contributed by atoms with Crippen LogP contribution in [0.25, 0.3) is 56.0 Å². The van der Waals surface area contributed by atoms with Crippen molar-refractivity contribution < 1.29 is 4.39 Å². The fourth-order valence-electron chi connectivity index (χ4n) is 3.55. The number of H-pyrrole nitrogens is 3. The van der Waals surface area contributed by atoms with Crippen molar-refractivity contribution >= 4 is 22.1 Å². The van der Waals surface area contributed by atoms with Gasteiger partial charge in [0, 0.05) is 35.3 Å². The predicted octanol–water partition coefficient (Wildman–Crippen LogP) is 4.09. The number of fused-ring (bicyclic) bond motifs is 2. The summed E-state index contributed by atoms with van der Waals surface area (Å²) in [6.07, 6.45) is 6.97. The van der Waals surface area contributed by atoms with Gasteiger partial charge in [-0.2, -0.15) is 10.2 Å². The Hall–Kier alpha value is -4.40. The normalized spacial score (nSPS) is 11.5. The summed E-state index contributed by atoms with van der Waals surface area (Å²) in [4.78, 5) is 16.9. The molecule has 0 atom stereocenters. The van der Waals surface area contributed by atoms with Crippen LogP contribution in [-0.2, 0) is 0 Å². The van der Waals surface area contributed by atoms with Crippen LogP contribution < -0.4 is 0 Å². The molecule has 30 heavy (non-hydrogen) atoms. The van der Waals surface area contributed by atoms with Crippen molar-refractivity contribution in [3.05, 3.63) is 67.0 Å². The second-order valence-electron chi connectivity index (χ2n) is 6.83. The van der Waals surface area contributed by atoms with E-state index in [2.05, 4.69) is 35.3 Å². The van der Waals surface area contributed by atoms with Gasteiger partial charge in [0.25, 0.3) is 0 Å². The molecule has 0 saturated heterocycles. The van der Waals surface area contributed by atoms with Crippen LogP contribution in [0.1, 0.15) is 0 Å². The van der Waals surface area contributed by atoms with E-state index in [-0.39, 0.29) is 5.82 Å². The molecule has 0 bridgehead atoms. The maximum absolute atomic E-state index is 13.7. The van der Waals surface area contributed by atoms with E-state index in [0.717, 1.165) is 22.0 Å². The lowest BCUT2D eigenvalue weighted by Crippen LogP contribution is -1.86. The Kier molecular flexibility index (Phi) is 3.48. The number of nitrogens with zero attached hydrogens (tertiary/aromatic N) is 5. The Labute approximate surface area is 168 Å². The third kappa shape index (κ3) is 2.56. The molecule has 144 valence electrons. The van der Waals surface area contributed by atoms with Gasteiger partial charge < -0.3 is 4.98 Å². The first-order valence-electron chi connectivity index (χ1n) is 9.20. The number of aromatic nitrogens is 8. The van der Waals surface area contributed by atoms with Gasteiger partial charge in [-0.25, -0.2) is 14.4 Å². The van der Waals surface area contributed by atoms with E-state index in [9.17, 15) is 4.39 Å². The zero-order valence-corrected chi connectivity index (χ0v) is 15.4. The van der Waals surface area contributed by atoms with Crippen LogP contribution in [0.4, 0.5) is 4.39 Å². The number of benzene rings is 1. The summed E-state index contributed by atoms with van der Waals surface area (Å²) >= 11 is 0. The summed E-state index contributed by atoms with van der Waals surface area (Å²) in [6, 6.07) is 10.1. The number of rotatable bonds is 3. The molecule has 0 fully saturated rings. The molecule has 5 aromatic heterocycles. The number of pyridine rings is 2. The van der Waals surface area contributed by atoms with Crippen LogP contribution in [0.3, 0.4) is 0 Å². The Morgan fingerprint density at radius 1 is 0.933 bits per heavy atom. The number of nitrogens with one attached hydrogen (secondary N) is 3. The molecule has 6 rings (SSSR count). The van der Waals surface area contributed by atoms with Crippen LogP contribution in [0.5, 0.6) is 0 Å². The zero-order chi connectivity index (χ0) is 20.1. The molecular formula is C21H13FN8. The standard InChI is InChI=1S/C21H13FN8/c22-14-3-1-2-11(6-14)17-19-16(4-5-23-17)27-21(28-19)18-15-7-12(13-9-25-26-10-13)8-24-20(15)30-29-18/h1-10H,(H,25,26)(H,27,28)(H,24,29,30). The molecule has 0 saturated carbocycles. The molecule has 3 N–H and O–H groups in total. The van der Waals surface area contributed by atoms with E-state index in [4.69, 9.17) is 4.98 Å². The fraction of sp³-hybridized carbons (Fsp3) is 0. The van der Waals surface area contributed by atoms with Gasteiger partial charge in [0.05, 0.1) is 22.8 Å². The third-order valence-electron chi connectivity index (χ3n) is 4.98. The van der Waals surface area contributed by atoms with Gasteiger partial charge in [0.1, 0.15) is 17.0 Å². The largest absolute Gasteiger partial charge is 0.337 e. The van der Waals surface area contributed by atoms with Crippen LogP contribution in [-0.4, -0.2) is 40.3 Å². The first-order valence-corrected chi connectivity index (χ1v) is 9.20. The highest BCUT2D eigenvalue weighted by atomic mass is 19.1. The van der Waals surface area contributed by atoms with Gasteiger partial charge in [-0.1, -0.05) is 12.1 Å². The van der Waals surface area contributed by atoms with Crippen LogP contribution >= 0.6 is 0 Å². The molecule has 0 aliphatic heterocycles. The van der Waals surface area contributed by atoms with Crippen molar-refractivity contribution in [3.63, 3.8) is 0 Å². The van der Waals surface area contributed by atoms with Crippen molar-refractivity contribution in [1.29, 1.82) is 0 Å². The average Bonchev–Trinajstić information content (AvgIpc) is 3.51. The van der Waals surface area contributed by atoms with E-state index >= 15 is 0 Å². The maximum Gasteiger partial charge on any atom is 0.181 e. The predicted molar refractivity (Wildman–Crippen MR) is 110 cm³/mol. The number of imidazole rings is 1. The maximum atomic E-state index is 13.7. The monoisotopic (exact) mass is 396 g/mol. The molecule has 9 heteroatoms. The van der Waals surface area contributed by atoms with Crippen molar-refractivity contribution in [3.8, 4) is 33.9 Å². The van der Waals surface area contributed by atoms with Gasteiger partial charge in [0.2, 0.25) is 0 Å². The summed E-state index contributed by atoms with van der Waals surface area (Å²) in [6.45, 7) is 0. The molecule has 0 unspecified atom stereocenters. The molecule has 0 amide bonds. The Bertz CT molecular complexity index is 1510. The summed E-state index contributed by atoms with van der Waals surface area (Å²) < 4.78 is 13.7. The molecule has 1 aromatic carbocycles. The second kappa shape index (κ2) is 6.31. The molecule has 5 heterocycles. The summed E-state index contributed by atoms with van der Waals surface area (Å²) in [5.41, 5.74) is 5.86. The number of halogens is 1. The molecule has 0 aliphatic rings. The van der Waals surface area contributed by atoms with E-state index < -0.39 is 0 Å². The van der Waals surface area contributed by atoms with Crippen LogP contribution in [0, 0.1) is 5.82 Å². The van der Waals surface area contributed by atoms with E-state index in [1.807, 2.05) is 18.2 Å². The Morgan fingerprint density at radius 3 is 2.77 bits per heavy atom. The summed E-state index contributed by atoms with van der Waals surface area (Å²) in [7, 11) is 0. The van der Waals surface area contributed by atoms with Crippen LogP contribution in [0.2, 0.25) is 0 Å². The molecule has 0 radical (unpaired) electrons. The van der Waals surface area contributed by atoms with Crippen molar-refractivity contribution in [2.24, 2.45) is 0 Å². The molecule has 0 aliphatic carbocycles. The lowest BCUT2D eigenvalue weighted by Gasteiger charge is -2.01. The highest BCUT2D eigenvalue weighted by molar-refractivity contribution is 5.96. The SMILES string of the molecule is Fc1cccc(-c2nccc3[nH]c(-c4[nH]nc5ncc(-c6cn[nH]c6)cc45)nc23)c1. The first-order chi connectivity index (χ1) is 14.8. The van der Waals surface area contributed by atoms with E-state index in [0.29, 0.717) is 33.9 Å². The summed E-state index contributed by atoms with van der Waals surface area (Å²) in [5.74, 6) is 0.281. The van der Waals surface area contributed by atoms with Crippen molar-refractivity contribution in [2.45, 2.75) is 0 Å². The minimum Gasteiger partial charge on any atom is -0.337 e. The summed E-state index contributed by atoms with van der Waals surface area (Å²) in [5, 5.41) is 14.9.